The minimum absolute atomic E-state index is 0.156. The summed E-state index contributed by atoms with van der Waals surface area (Å²) in [6.45, 7) is 5.35. The van der Waals surface area contributed by atoms with E-state index >= 15 is 0 Å². The van der Waals surface area contributed by atoms with Crippen molar-refractivity contribution in [3.63, 3.8) is 0 Å². The van der Waals surface area contributed by atoms with Crippen LogP contribution in [0.15, 0.2) is 36.4 Å². The number of halogens is 1. The molecule has 30 heavy (non-hydrogen) atoms. The first kappa shape index (κ1) is 19.3. The lowest BCUT2D eigenvalue weighted by Gasteiger charge is -2.40. The zero-order chi connectivity index (χ0) is 20.8. The molecule has 1 amide bonds. The highest BCUT2D eigenvalue weighted by atomic mass is 19.1. The maximum absolute atomic E-state index is 14.1. The van der Waals surface area contributed by atoms with E-state index in [2.05, 4.69) is 26.5 Å². The molecule has 0 bridgehead atoms. The monoisotopic (exact) mass is 410 g/mol. The molecule has 2 saturated heterocycles. The third-order valence-electron chi connectivity index (χ3n) is 6.56. The predicted molar refractivity (Wildman–Crippen MR) is 116 cm³/mol. The van der Waals surface area contributed by atoms with Crippen LogP contribution in [0.1, 0.15) is 17.5 Å². The Kier molecular flexibility index (Phi) is 4.87. The van der Waals surface area contributed by atoms with E-state index in [1.807, 2.05) is 25.1 Å². The van der Waals surface area contributed by atoms with E-state index in [-0.39, 0.29) is 17.8 Å². The van der Waals surface area contributed by atoms with Crippen molar-refractivity contribution >= 4 is 23.0 Å². The number of carbonyl (C=O) groups excluding carboxylic acids is 1. The summed E-state index contributed by atoms with van der Waals surface area (Å²) in [5.41, 5.74) is 4.10. The Morgan fingerprint density at radius 2 is 2.07 bits per heavy atom. The van der Waals surface area contributed by atoms with Crippen LogP contribution in [0.5, 0.6) is 0 Å². The number of hydrogen-bond donors (Lipinski definition) is 3. The molecule has 7 heteroatoms. The highest BCUT2D eigenvalue weighted by molar-refractivity contribution is 5.98. The number of rotatable bonds is 4. The molecule has 3 heterocycles. The van der Waals surface area contributed by atoms with E-state index in [1.54, 1.807) is 6.07 Å². The summed E-state index contributed by atoms with van der Waals surface area (Å²) in [4.78, 5) is 17.5. The summed E-state index contributed by atoms with van der Waals surface area (Å²) in [6, 6.07) is 11.1. The molecular weight excluding hydrogens is 383 g/mol. The number of fused-ring (bicyclic) bond motifs is 1. The van der Waals surface area contributed by atoms with Gasteiger partial charge >= 0.3 is 0 Å². The number of aryl methyl sites for hydroxylation is 1. The van der Waals surface area contributed by atoms with Gasteiger partial charge in [-0.15, -0.1) is 0 Å². The molecular formula is C23H27FN4O2. The minimum atomic E-state index is -0.478. The van der Waals surface area contributed by atoms with Crippen molar-refractivity contribution in [2.75, 3.05) is 41.7 Å². The lowest BCUT2D eigenvalue weighted by Crippen LogP contribution is -2.56. The van der Waals surface area contributed by atoms with Crippen LogP contribution in [0.4, 0.5) is 21.5 Å². The molecule has 2 aromatic rings. The van der Waals surface area contributed by atoms with E-state index < -0.39 is 6.04 Å². The fraction of sp³-hybridized carbons (Fsp3) is 0.435. The zero-order valence-electron chi connectivity index (χ0n) is 17.1. The average Bonchev–Trinajstić information content (AvgIpc) is 3.37. The van der Waals surface area contributed by atoms with E-state index in [9.17, 15) is 14.3 Å². The first-order valence-corrected chi connectivity index (χ1v) is 10.6. The summed E-state index contributed by atoms with van der Waals surface area (Å²) in [5.74, 6) is -0.422. The van der Waals surface area contributed by atoms with Crippen LogP contribution in [-0.4, -0.2) is 60.3 Å². The van der Waals surface area contributed by atoms with Gasteiger partial charge in [0.2, 0.25) is 5.91 Å². The standard InChI is InChI=1S/C23H27FN4O2/c1-14-5-6-20(24)19-10-21(26-22(14)19)23(30)25-15-3-2-4-16(9-15)27-8-7-17(11-27)28-12-18(29)13-28/h2-6,9,17-18,21,26,29H,7-8,10-13H2,1H3,(H,25,30). The molecule has 0 aromatic heterocycles. The number of β-amino-alcohol motifs (C(OH)–C–C–N with tert-alkyl or cyclic N) is 1. The molecule has 0 aliphatic carbocycles. The first-order chi connectivity index (χ1) is 14.5. The molecule has 3 aliphatic rings. The van der Waals surface area contributed by atoms with E-state index in [0.29, 0.717) is 18.0 Å². The summed E-state index contributed by atoms with van der Waals surface area (Å²) in [6.07, 6.45) is 1.26. The SMILES string of the molecule is Cc1ccc(F)c2c1NC(C(=O)Nc1cccc(N3CCC(N4CC(O)C4)C3)c1)C2. The molecule has 5 rings (SSSR count). The fourth-order valence-electron chi connectivity index (χ4n) is 4.80. The third kappa shape index (κ3) is 3.52. The predicted octanol–water partition coefficient (Wildman–Crippen LogP) is 2.36. The smallest absolute Gasteiger partial charge is 0.247 e. The van der Waals surface area contributed by atoms with Crippen LogP contribution in [0.3, 0.4) is 0 Å². The summed E-state index contributed by atoms with van der Waals surface area (Å²) in [5, 5.41) is 15.7. The van der Waals surface area contributed by atoms with Gasteiger partial charge < -0.3 is 20.6 Å². The topological polar surface area (TPSA) is 67.8 Å². The second kappa shape index (κ2) is 7.56. The van der Waals surface area contributed by atoms with Crippen LogP contribution in [0.2, 0.25) is 0 Å². The Labute approximate surface area is 175 Å². The molecule has 3 aliphatic heterocycles. The van der Waals surface area contributed by atoms with Crippen molar-refractivity contribution in [3.8, 4) is 0 Å². The number of amides is 1. The van der Waals surface area contributed by atoms with Gasteiger partial charge in [0.1, 0.15) is 11.9 Å². The number of aliphatic hydroxyl groups excluding tert-OH is 1. The maximum atomic E-state index is 14.1. The summed E-state index contributed by atoms with van der Waals surface area (Å²) >= 11 is 0. The van der Waals surface area contributed by atoms with Crippen molar-refractivity contribution < 1.29 is 14.3 Å². The molecule has 158 valence electrons. The van der Waals surface area contributed by atoms with Crippen LogP contribution >= 0.6 is 0 Å². The molecule has 3 N–H and O–H groups in total. The minimum Gasteiger partial charge on any atom is -0.390 e. The van der Waals surface area contributed by atoms with E-state index in [4.69, 9.17) is 0 Å². The maximum Gasteiger partial charge on any atom is 0.247 e. The van der Waals surface area contributed by atoms with Crippen LogP contribution in [-0.2, 0) is 11.2 Å². The molecule has 2 aromatic carbocycles. The van der Waals surface area contributed by atoms with Gasteiger partial charge in [0.15, 0.2) is 0 Å². The van der Waals surface area contributed by atoms with Gasteiger partial charge in [0.25, 0.3) is 0 Å². The Hall–Kier alpha value is -2.64. The number of nitrogens with zero attached hydrogens (tertiary/aromatic N) is 2. The lowest BCUT2D eigenvalue weighted by molar-refractivity contribution is -0.116. The Morgan fingerprint density at radius 3 is 2.83 bits per heavy atom. The first-order valence-electron chi connectivity index (χ1n) is 10.6. The van der Waals surface area contributed by atoms with Gasteiger partial charge in [0, 0.05) is 61.3 Å². The quantitative estimate of drug-likeness (QED) is 0.722. The van der Waals surface area contributed by atoms with Crippen molar-refractivity contribution in [3.05, 3.63) is 53.3 Å². The molecule has 6 nitrogen and oxygen atoms in total. The highest BCUT2D eigenvalue weighted by Crippen LogP contribution is 2.32. The van der Waals surface area contributed by atoms with Gasteiger partial charge in [-0.1, -0.05) is 12.1 Å². The number of anilines is 3. The number of carbonyl (C=O) groups is 1. The normalized spacial score (nSPS) is 23.8. The Morgan fingerprint density at radius 1 is 1.23 bits per heavy atom. The largest absolute Gasteiger partial charge is 0.390 e. The van der Waals surface area contributed by atoms with E-state index in [1.165, 1.54) is 6.07 Å². The number of hydrogen-bond acceptors (Lipinski definition) is 5. The fourth-order valence-corrected chi connectivity index (χ4v) is 4.80. The number of aliphatic hydroxyl groups is 1. The van der Waals surface area contributed by atoms with Crippen molar-refractivity contribution in [2.24, 2.45) is 0 Å². The number of nitrogens with one attached hydrogen (secondary N) is 2. The number of likely N-dealkylation sites (tertiary alicyclic amines) is 1. The molecule has 2 atom stereocenters. The van der Waals surface area contributed by atoms with Crippen LogP contribution < -0.4 is 15.5 Å². The lowest BCUT2D eigenvalue weighted by atomic mass is 10.1. The van der Waals surface area contributed by atoms with Gasteiger partial charge in [-0.05, 0) is 43.2 Å². The van der Waals surface area contributed by atoms with Crippen molar-refractivity contribution in [1.82, 2.24) is 4.90 Å². The van der Waals surface area contributed by atoms with Gasteiger partial charge in [-0.25, -0.2) is 4.39 Å². The summed E-state index contributed by atoms with van der Waals surface area (Å²) in [7, 11) is 0. The van der Waals surface area contributed by atoms with Crippen molar-refractivity contribution in [1.29, 1.82) is 0 Å². The molecule has 0 spiro atoms. The molecule has 0 saturated carbocycles. The van der Waals surface area contributed by atoms with Gasteiger partial charge in [-0.3, -0.25) is 9.69 Å². The average molecular weight is 410 g/mol. The Balaban J connectivity index is 1.23. The van der Waals surface area contributed by atoms with Gasteiger partial charge in [0.05, 0.1) is 6.10 Å². The second-order valence-corrected chi connectivity index (χ2v) is 8.65. The molecule has 2 unspecified atom stereocenters. The third-order valence-corrected chi connectivity index (χ3v) is 6.56. The Bertz CT molecular complexity index is 945. The molecule has 2 fully saturated rings. The van der Waals surface area contributed by atoms with Crippen molar-refractivity contribution in [2.45, 2.75) is 38.0 Å². The van der Waals surface area contributed by atoms with Crippen LogP contribution in [0.25, 0.3) is 0 Å². The zero-order valence-corrected chi connectivity index (χ0v) is 17.1. The number of benzene rings is 2. The molecule has 0 radical (unpaired) electrons. The van der Waals surface area contributed by atoms with Gasteiger partial charge in [-0.2, -0.15) is 0 Å². The van der Waals surface area contributed by atoms with Crippen LogP contribution in [0, 0.1) is 12.7 Å². The second-order valence-electron chi connectivity index (χ2n) is 8.65. The highest BCUT2D eigenvalue weighted by Gasteiger charge is 2.35. The van der Waals surface area contributed by atoms with E-state index in [0.717, 1.165) is 55.2 Å². The summed E-state index contributed by atoms with van der Waals surface area (Å²) < 4.78 is 14.1.